The van der Waals surface area contributed by atoms with Crippen LogP contribution in [0.2, 0.25) is 0 Å². The lowest BCUT2D eigenvalue weighted by Gasteiger charge is -2.12. The van der Waals surface area contributed by atoms with E-state index in [1.165, 1.54) is 0 Å². The molecule has 0 unspecified atom stereocenters. The Morgan fingerprint density at radius 2 is 1.83 bits per heavy atom. The van der Waals surface area contributed by atoms with Crippen LogP contribution in [0.5, 0.6) is 17.2 Å². The number of rotatable bonds is 7. The summed E-state index contributed by atoms with van der Waals surface area (Å²) in [6, 6.07) is 18.8. The molecule has 0 atom stereocenters. The maximum absolute atomic E-state index is 13.0. The molecule has 3 aromatic carbocycles. The van der Waals surface area contributed by atoms with E-state index in [2.05, 4.69) is 15.6 Å². The second-order valence-corrected chi connectivity index (χ2v) is 8.76. The molecule has 1 aromatic heterocycles. The van der Waals surface area contributed by atoms with Gasteiger partial charge in [0.1, 0.15) is 12.4 Å². The zero-order valence-corrected chi connectivity index (χ0v) is 19.6. The van der Waals surface area contributed by atoms with Gasteiger partial charge in [-0.05, 0) is 49.4 Å². The van der Waals surface area contributed by atoms with E-state index in [4.69, 9.17) is 14.2 Å². The van der Waals surface area contributed by atoms with Gasteiger partial charge in [0, 0.05) is 22.7 Å². The molecular formula is C26H21N3O5S. The number of nitrogens with one attached hydrogen (secondary N) is 2. The number of thiazole rings is 1. The van der Waals surface area contributed by atoms with Crippen LogP contribution in [-0.4, -0.2) is 23.6 Å². The third-order valence-corrected chi connectivity index (χ3v) is 6.02. The third kappa shape index (κ3) is 5.25. The van der Waals surface area contributed by atoms with Crippen molar-refractivity contribution >= 4 is 34.5 Å². The molecule has 0 saturated heterocycles. The van der Waals surface area contributed by atoms with Gasteiger partial charge in [-0.15, -0.1) is 11.3 Å². The fraction of sp³-hybridized carbons (Fsp3) is 0.115. The van der Waals surface area contributed by atoms with Gasteiger partial charge in [-0.25, -0.2) is 4.98 Å². The molecule has 2 N–H and O–H groups in total. The van der Waals surface area contributed by atoms with E-state index in [9.17, 15) is 9.59 Å². The molecule has 0 radical (unpaired) electrons. The van der Waals surface area contributed by atoms with Crippen LogP contribution >= 0.6 is 11.3 Å². The van der Waals surface area contributed by atoms with E-state index in [1.54, 1.807) is 78.1 Å². The molecule has 2 heterocycles. The molecule has 0 saturated carbocycles. The maximum atomic E-state index is 13.0. The lowest BCUT2D eigenvalue weighted by Crippen LogP contribution is -2.18. The van der Waals surface area contributed by atoms with Crippen LogP contribution in [0.15, 0.2) is 72.1 Å². The van der Waals surface area contributed by atoms with Crippen molar-refractivity contribution in [2.24, 2.45) is 0 Å². The number of aryl methyl sites for hydroxylation is 1. The van der Waals surface area contributed by atoms with Crippen molar-refractivity contribution in [3.05, 3.63) is 93.9 Å². The van der Waals surface area contributed by atoms with Gasteiger partial charge in [0.05, 0.1) is 22.0 Å². The average molecular weight is 488 g/mol. The number of fused-ring (bicyclic) bond motifs is 1. The fourth-order valence-corrected chi connectivity index (χ4v) is 4.11. The third-order valence-electron chi connectivity index (χ3n) is 5.20. The summed E-state index contributed by atoms with van der Waals surface area (Å²) in [7, 11) is 0. The number of hydrogen-bond donors (Lipinski definition) is 2. The Kier molecular flexibility index (Phi) is 6.32. The lowest BCUT2D eigenvalue weighted by molar-refractivity contribution is 0.102. The summed E-state index contributed by atoms with van der Waals surface area (Å²) >= 11 is 1.56. The molecule has 2 amide bonds. The van der Waals surface area contributed by atoms with Crippen LogP contribution in [-0.2, 0) is 6.61 Å². The second-order valence-electron chi connectivity index (χ2n) is 7.70. The number of benzene rings is 3. The number of ether oxygens (including phenoxy) is 3. The number of carbonyl (C=O) groups is 2. The first-order valence-corrected chi connectivity index (χ1v) is 11.7. The van der Waals surface area contributed by atoms with Crippen molar-refractivity contribution < 1.29 is 23.8 Å². The van der Waals surface area contributed by atoms with Crippen molar-refractivity contribution in [2.75, 3.05) is 17.4 Å². The number of carbonyl (C=O) groups excluding carboxylic acids is 2. The highest BCUT2D eigenvalue weighted by Crippen LogP contribution is 2.34. The summed E-state index contributed by atoms with van der Waals surface area (Å²) in [6.07, 6.45) is 0. The zero-order chi connectivity index (χ0) is 24.2. The van der Waals surface area contributed by atoms with Gasteiger partial charge in [0.15, 0.2) is 11.5 Å². The van der Waals surface area contributed by atoms with Crippen LogP contribution in [0, 0.1) is 6.92 Å². The lowest BCUT2D eigenvalue weighted by atomic mass is 10.1. The summed E-state index contributed by atoms with van der Waals surface area (Å²) in [6.45, 7) is 2.41. The quantitative estimate of drug-likeness (QED) is 0.369. The molecule has 0 spiro atoms. The first-order valence-electron chi connectivity index (χ1n) is 10.8. The van der Waals surface area contributed by atoms with E-state index in [1.807, 2.05) is 12.3 Å². The van der Waals surface area contributed by atoms with Gasteiger partial charge in [-0.1, -0.05) is 18.2 Å². The molecule has 4 aromatic rings. The summed E-state index contributed by atoms with van der Waals surface area (Å²) in [5.74, 6) is 1.02. The largest absolute Gasteiger partial charge is 0.487 e. The average Bonchev–Trinajstić information content (AvgIpc) is 3.51. The highest BCUT2D eigenvalue weighted by Gasteiger charge is 2.17. The zero-order valence-electron chi connectivity index (χ0n) is 18.7. The molecule has 35 heavy (non-hydrogen) atoms. The van der Waals surface area contributed by atoms with Crippen LogP contribution in [0.4, 0.5) is 11.4 Å². The molecule has 0 bridgehead atoms. The summed E-state index contributed by atoms with van der Waals surface area (Å²) < 4.78 is 16.4. The first-order chi connectivity index (χ1) is 17.0. The Morgan fingerprint density at radius 1 is 0.971 bits per heavy atom. The van der Waals surface area contributed by atoms with Gasteiger partial charge < -0.3 is 24.8 Å². The molecule has 9 heteroatoms. The van der Waals surface area contributed by atoms with E-state index in [0.29, 0.717) is 46.4 Å². The SMILES string of the molecule is Cc1nc(COc2cccc(C(=O)Nc3ccccc3C(=O)Nc3ccc4c(c3)OCO4)c2)cs1. The molecule has 1 aliphatic heterocycles. The number of amides is 2. The fourth-order valence-electron chi connectivity index (χ4n) is 3.52. The van der Waals surface area contributed by atoms with Gasteiger partial charge in [0.25, 0.3) is 11.8 Å². The normalized spacial score (nSPS) is 11.7. The van der Waals surface area contributed by atoms with Crippen molar-refractivity contribution in [1.82, 2.24) is 4.98 Å². The van der Waals surface area contributed by atoms with Gasteiger partial charge in [-0.2, -0.15) is 0 Å². The molecule has 5 rings (SSSR count). The van der Waals surface area contributed by atoms with E-state index >= 15 is 0 Å². The Morgan fingerprint density at radius 3 is 2.69 bits per heavy atom. The van der Waals surface area contributed by atoms with Crippen molar-refractivity contribution in [3.8, 4) is 17.2 Å². The summed E-state index contributed by atoms with van der Waals surface area (Å²) in [4.78, 5) is 30.3. The Hall–Kier alpha value is -4.37. The Bertz CT molecular complexity index is 1400. The van der Waals surface area contributed by atoms with Crippen LogP contribution < -0.4 is 24.8 Å². The van der Waals surface area contributed by atoms with Crippen molar-refractivity contribution in [2.45, 2.75) is 13.5 Å². The smallest absolute Gasteiger partial charge is 0.257 e. The highest BCUT2D eigenvalue weighted by molar-refractivity contribution is 7.09. The van der Waals surface area contributed by atoms with Gasteiger partial charge >= 0.3 is 0 Å². The number of aromatic nitrogens is 1. The summed E-state index contributed by atoms with van der Waals surface area (Å²) in [5, 5.41) is 8.57. The predicted molar refractivity (Wildman–Crippen MR) is 133 cm³/mol. The van der Waals surface area contributed by atoms with Gasteiger partial charge in [-0.3, -0.25) is 9.59 Å². The first kappa shape index (κ1) is 22.4. The van der Waals surface area contributed by atoms with E-state index in [0.717, 1.165) is 10.7 Å². The van der Waals surface area contributed by atoms with Crippen LogP contribution in [0.3, 0.4) is 0 Å². The minimum atomic E-state index is -0.365. The van der Waals surface area contributed by atoms with Crippen LogP contribution in [0.25, 0.3) is 0 Å². The van der Waals surface area contributed by atoms with Crippen molar-refractivity contribution in [1.29, 1.82) is 0 Å². The molecule has 1 aliphatic rings. The molecule has 0 fully saturated rings. The molecular weight excluding hydrogens is 466 g/mol. The summed E-state index contributed by atoms with van der Waals surface area (Å²) in [5.41, 5.74) is 2.51. The van der Waals surface area contributed by atoms with Crippen molar-refractivity contribution in [3.63, 3.8) is 0 Å². The second kappa shape index (κ2) is 9.86. The Labute approximate surface area is 205 Å². The standard InChI is InChI=1S/C26H21N3O5S/c1-16-27-19(14-35-16)13-32-20-6-4-5-17(11-20)25(30)29-22-8-3-2-7-21(22)26(31)28-18-9-10-23-24(12-18)34-15-33-23/h2-12,14H,13,15H2,1H3,(H,28,31)(H,29,30). The minimum absolute atomic E-state index is 0.151. The maximum Gasteiger partial charge on any atom is 0.257 e. The number of para-hydroxylation sites is 1. The molecule has 8 nitrogen and oxygen atoms in total. The number of hydrogen-bond acceptors (Lipinski definition) is 7. The molecule has 0 aliphatic carbocycles. The predicted octanol–water partition coefficient (Wildman–Crippen LogP) is 5.26. The topological polar surface area (TPSA) is 98.8 Å². The van der Waals surface area contributed by atoms with E-state index < -0.39 is 0 Å². The monoisotopic (exact) mass is 487 g/mol. The van der Waals surface area contributed by atoms with Gasteiger partial charge in [0.2, 0.25) is 6.79 Å². The number of nitrogens with zero attached hydrogens (tertiary/aromatic N) is 1. The number of anilines is 2. The molecule has 176 valence electrons. The highest BCUT2D eigenvalue weighted by atomic mass is 32.1. The Balaban J connectivity index is 1.27. The minimum Gasteiger partial charge on any atom is -0.487 e. The van der Waals surface area contributed by atoms with Crippen LogP contribution in [0.1, 0.15) is 31.4 Å². The van der Waals surface area contributed by atoms with E-state index in [-0.39, 0.29) is 18.6 Å².